The predicted octanol–water partition coefficient (Wildman–Crippen LogP) is 2.92. The van der Waals surface area contributed by atoms with Crippen LogP contribution in [-0.2, 0) is 17.9 Å². The Hall–Kier alpha value is -1.39. The molecule has 4 heteroatoms. The summed E-state index contributed by atoms with van der Waals surface area (Å²) in [5.41, 5.74) is 2.34. The Kier molecular flexibility index (Phi) is 5.80. The number of benzene rings is 1. The van der Waals surface area contributed by atoms with Gasteiger partial charge in [0.05, 0.1) is 5.41 Å². The highest BCUT2D eigenvalue weighted by Crippen LogP contribution is 2.43. The summed E-state index contributed by atoms with van der Waals surface area (Å²) in [6.07, 6.45) is 4.68. The van der Waals surface area contributed by atoms with Crippen molar-refractivity contribution in [2.45, 2.75) is 58.7 Å². The Morgan fingerprint density at radius 3 is 2.96 bits per heavy atom. The number of hydrogen-bond acceptors (Lipinski definition) is 3. The quantitative estimate of drug-likeness (QED) is 0.835. The molecule has 1 amide bonds. The number of amides is 1. The molecular weight excluding hydrogens is 310 g/mol. The number of hydrogen-bond donors (Lipinski definition) is 2. The third-order valence-corrected chi connectivity index (χ3v) is 6.25. The van der Waals surface area contributed by atoms with Gasteiger partial charge >= 0.3 is 0 Å². The Balaban J connectivity index is 1.60. The second-order valence-corrected chi connectivity index (χ2v) is 8.24. The smallest absolute Gasteiger partial charge is 0.228 e. The van der Waals surface area contributed by atoms with Crippen LogP contribution in [0.25, 0.3) is 0 Å². The lowest BCUT2D eigenvalue weighted by Crippen LogP contribution is -2.47. The van der Waals surface area contributed by atoms with Crippen molar-refractivity contribution in [1.82, 2.24) is 15.5 Å². The molecule has 1 heterocycles. The highest BCUT2D eigenvalue weighted by molar-refractivity contribution is 5.83. The summed E-state index contributed by atoms with van der Waals surface area (Å²) in [6, 6.07) is 9.13. The average molecular weight is 344 g/mol. The zero-order valence-corrected chi connectivity index (χ0v) is 16.0. The molecule has 0 aromatic heterocycles. The summed E-state index contributed by atoms with van der Waals surface area (Å²) >= 11 is 0. The Labute approximate surface area is 152 Å². The van der Waals surface area contributed by atoms with E-state index in [9.17, 15) is 4.79 Å². The summed E-state index contributed by atoms with van der Waals surface area (Å²) in [5.74, 6) is 0.777. The Morgan fingerprint density at radius 2 is 2.16 bits per heavy atom. The normalized spacial score (nSPS) is 26.0. The molecule has 1 aromatic rings. The van der Waals surface area contributed by atoms with Gasteiger partial charge in [-0.05, 0) is 57.3 Å². The SMILES string of the molecule is CC(C)N(C)Cc1cccc(CNC(=O)[C@@]23CCCC[C@H]2CNC3)c1. The maximum atomic E-state index is 13.0. The standard InChI is InChI=1S/C21H33N3O/c1-16(2)24(3)14-18-8-6-7-17(11-18)12-23-20(25)21-10-5-4-9-19(21)13-22-15-21/h6-8,11,16,19,22H,4-5,9-10,12-15H2,1-3H3,(H,23,25)/t19-,21+/m0/s1. The monoisotopic (exact) mass is 343 g/mol. The number of carbonyl (C=O) groups is 1. The summed E-state index contributed by atoms with van der Waals surface area (Å²) in [6.45, 7) is 7.84. The fourth-order valence-corrected chi connectivity index (χ4v) is 4.36. The molecule has 1 saturated heterocycles. The lowest BCUT2D eigenvalue weighted by Gasteiger charge is -2.37. The fourth-order valence-electron chi connectivity index (χ4n) is 4.36. The van der Waals surface area contributed by atoms with Crippen LogP contribution in [0.4, 0.5) is 0 Å². The summed E-state index contributed by atoms with van der Waals surface area (Å²) in [5, 5.41) is 6.70. The molecule has 0 spiro atoms. The first-order chi connectivity index (χ1) is 12.0. The minimum atomic E-state index is -0.159. The van der Waals surface area contributed by atoms with Crippen LogP contribution in [-0.4, -0.2) is 37.0 Å². The van der Waals surface area contributed by atoms with Crippen LogP contribution in [0, 0.1) is 11.3 Å². The molecule has 1 aromatic carbocycles. The molecule has 138 valence electrons. The molecular formula is C21H33N3O. The van der Waals surface area contributed by atoms with E-state index in [2.05, 4.69) is 60.7 Å². The van der Waals surface area contributed by atoms with Gasteiger partial charge < -0.3 is 10.6 Å². The van der Waals surface area contributed by atoms with Crippen LogP contribution in [0.3, 0.4) is 0 Å². The van der Waals surface area contributed by atoms with E-state index in [1.54, 1.807) is 0 Å². The van der Waals surface area contributed by atoms with Gasteiger partial charge in [0.1, 0.15) is 0 Å². The molecule has 2 fully saturated rings. The first-order valence-corrected chi connectivity index (χ1v) is 9.78. The van der Waals surface area contributed by atoms with Gasteiger partial charge in [-0.2, -0.15) is 0 Å². The van der Waals surface area contributed by atoms with Crippen LogP contribution in [0.5, 0.6) is 0 Å². The molecule has 25 heavy (non-hydrogen) atoms. The number of nitrogens with one attached hydrogen (secondary N) is 2. The minimum Gasteiger partial charge on any atom is -0.351 e. The molecule has 3 rings (SSSR count). The highest BCUT2D eigenvalue weighted by Gasteiger charge is 2.49. The van der Waals surface area contributed by atoms with E-state index in [4.69, 9.17) is 0 Å². The third kappa shape index (κ3) is 4.06. The van der Waals surface area contributed by atoms with Gasteiger partial charge in [0.2, 0.25) is 5.91 Å². The van der Waals surface area contributed by atoms with Crippen molar-refractivity contribution in [2.75, 3.05) is 20.1 Å². The second kappa shape index (κ2) is 7.88. The van der Waals surface area contributed by atoms with Crippen molar-refractivity contribution in [3.05, 3.63) is 35.4 Å². The number of fused-ring (bicyclic) bond motifs is 1. The van der Waals surface area contributed by atoms with Crippen LogP contribution in [0.1, 0.15) is 50.7 Å². The number of carbonyl (C=O) groups excluding carboxylic acids is 1. The lowest BCUT2D eigenvalue weighted by atomic mass is 9.67. The van der Waals surface area contributed by atoms with Gasteiger partial charge in [0.25, 0.3) is 0 Å². The van der Waals surface area contributed by atoms with Crippen LogP contribution in [0.2, 0.25) is 0 Å². The van der Waals surface area contributed by atoms with Crippen molar-refractivity contribution in [1.29, 1.82) is 0 Å². The first-order valence-electron chi connectivity index (χ1n) is 9.78. The van der Waals surface area contributed by atoms with Crippen molar-refractivity contribution in [3.8, 4) is 0 Å². The van der Waals surface area contributed by atoms with Crippen molar-refractivity contribution >= 4 is 5.91 Å². The van der Waals surface area contributed by atoms with Gasteiger partial charge in [0.15, 0.2) is 0 Å². The predicted molar refractivity (Wildman–Crippen MR) is 102 cm³/mol. The summed E-state index contributed by atoms with van der Waals surface area (Å²) < 4.78 is 0. The zero-order chi connectivity index (χ0) is 17.9. The third-order valence-electron chi connectivity index (χ3n) is 6.25. The maximum Gasteiger partial charge on any atom is 0.228 e. The molecule has 0 radical (unpaired) electrons. The Morgan fingerprint density at radius 1 is 1.36 bits per heavy atom. The van der Waals surface area contributed by atoms with Gasteiger partial charge in [-0.1, -0.05) is 37.1 Å². The first kappa shape index (κ1) is 18.4. The van der Waals surface area contributed by atoms with Gasteiger partial charge in [-0.15, -0.1) is 0 Å². The molecule has 4 nitrogen and oxygen atoms in total. The number of nitrogens with zero attached hydrogens (tertiary/aromatic N) is 1. The maximum absolute atomic E-state index is 13.0. The van der Waals surface area contributed by atoms with Gasteiger partial charge in [-0.25, -0.2) is 0 Å². The number of rotatable bonds is 6. The fraction of sp³-hybridized carbons (Fsp3) is 0.667. The molecule has 2 N–H and O–H groups in total. The van der Waals surface area contributed by atoms with Crippen LogP contribution >= 0.6 is 0 Å². The summed E-state index contributed by atoms with van der Waals surface area (Å²) in [4.78, 5) is 15.3. The molecule has 1 aliphatic carbocycles. The lowest BCUT2D eigenvalue weighted by molar-refractivity contribution is -0.134. The molecule has 1 aliphatic heterocycles. The van der Waals surface area contributed by atoms with Gasteiger partial charge in [-0.3, -0.25) is 9.69 Å². The average Bonchev–Trinajstić information content (AvgIpc) is 3.05. The molecule has 0 bridgehead atoms. The van der Waals surface area contributed by atoms with E-state index in [0.29, 0.717) is 18.5 Å². The van der Waals surface area contributed by atoms with E-state index >= 15 is 0 Å². The van der Waals surface area contributed by atoms with Crippen LogP contribution in [0.15, 0.2) is 24.3 Å². The molecule has 2 aliphatic rings. The van der Waals surface area contributed by atoms with Crippen molar-refractivity contribution < 1.29 is 4.79 Å². The van der Waals surface area contributed by atoms with E-state index in [1.165, 1.54) is 30.4 Å². The van der Waals surface area contributed by atoms with Crippen LogP contribution < -0.4 is 10.6 Å². The summed E-state index contributed by atoms with van der Waals surface area (Å²) in [7, 11) is 2.15. The molecule has 0 unspecified atom stereocenters. The highest BCUT2D eigenvalue weighted by atomic mass is 16.2. The van der Waals surface area contributed by atoms with Crippen molar-refractivity contribution in [3.63, 3.8) is 0 Å². The van der Waals surface area contributed by atoms with E-state index in [1.807, 2.05) is 0 Å². The van der Waals surface area contributed by atoms with Crippen molar-refractivity contribution in [2.24, 2.45) is 11.3 Å². The van der Waals surface area contributed by atoms with E-state index in [0.717, 1.165) is 26.1 Å². The largest absolute Gasteiger partial charge is 0.351 e. The molecule has 1 saturated carbocycles. The zero-order valence-electron chi connectivity index (χ0n) is 16.0. The Bertz CT molecular complexity index is 601. The topological polar surface area (TPSA) is 44.4 Å². The van der Waals surface area contributed by atoms with Gasteiger partial charge in [0, 0.05) is 25.7 Å². The van der Waals surface area contributed by atoms with E-state index < -0.39 is 0 Å². The second-order valence-electron chi connectivity index (χ2n) is 8.24. The minimum absolute atomic E-state index is 0.159. The van der Waals surface area contributed by atoms with E-state index in [-0.39, 0.29) is 11.3 Å². The molecule has 2 atom stereocenters.